The molecule has 0 bridgehead atoms. The van der Waals surface area contributed by atoms with Gasteiger partial charge in [-0.25, -0.2) is 4.39 Å². The standard InChI is InChI=1S/C15H19FN2/c1-2-7-18-8-6-14(12-18)11-17-10-13-4-3-5-15(16)9-13/h3-6,8-9,12,17H,2,7,10-11H2,1H3. The van der Waals surface area contributed by atoms with Gasteiger partial charge in [-0.3, -0.25) is 0 Å². The van der Waals surface area contributed by atoms with Gasteiger partial charge in [-0.15, -0.1) is 0 Å². The van der Waals surface area contributed by atoms with Crippen LogP contribution in [-0.4, -0.2) is 4.57 Å². The maximum absolute atomic E-state index is 13.0. The van der Waals surface area contributed by atoms with Gasteiger partial charge >= 0.3 is 0 Å². The fourth-order valence-electron chi connectivity index (χ4n) is 1.99. The number of aryl methyl sites for hydroxylation is 1. The second-order valence-corrected chi connectivity index (χ2v) is 4.49. The van der Waals surface area contributed by atoms with Crippen molar-refractivity contribution in [3.05, 3.63) is 59.7 Å². The van der Waals surface area contributed by atoms with Crippen LogP contribution >= 0.6 is 0 Å². The summed E-state index contributed by atoms with van der Waals surface area (Å²) in [5, 5.41) is 3.32. The molecule has 96 valence electrons. The number of hydrogen-bond acceptors (Lipinski definition) is 1. The lowest BCUT2D eigenvalue weighted by atomic mass is 10.2. The Morgan fingerprint density at radius 3 is 2.78 bits per heavy atom. The SMILES string of the molecule is CCCn1ccc(CNCc2cccc(F)c2)c1. The number of aromatic nitrogens is 1. The molecule has 0 radical (unpaired) electrons. The van der Waals surface area contributed by atoms with Crippen molar-refractivity contribution < 1.29 is 4.39 Å². The van der Waals surface area contributed by atoms with Crippen molar-refractivity contribution in [1.82, 2.24) is 9.88 Å². The van der Waals surface area contributed by atoms with E-state index >= 15 is 0 Å². The summed E-state index contributed by atoms with van der Waals surface area (Å²) in [7, 11) is 0. The molecule has 1 N–H and O–H groups in total. The fourth-order valence-corrected chi connectivity index (χ4v) is 1.99. The lowest BCUT2D eigenvalue weighted by molar-refractivity contribution is 0.620. The second-order valence-electron chi connectivity index (χ2n) is 4.49. The highest BCUT2D eigenvalue weighted by Crippen LogP contribution is 2.05. The van der Waals surface area contributed by atoms with Crippen LogP contribution in [0.3, 0.4) is 0 Å². The molecule has 0 aliphatic heterocycles. The molecule has 0 saturated heterocycles. The molecule has 2 nitrogen and oxygen atoms in total. The van der Waals surface area contributed by atoms with Gasteiger partial charge in [0.1, 0.15) is 5.82 Å². The summed E-state index contributed by atoms with van der Waals surface area (Å²) in [6.07, 6.45) is 5.40. The van der Waals surface area contributed by atoms with Crippen molar-refractivity contribution >= 4 is 0 Å². The summed E-state index contributed by atoms with van der Waals surface area (Å²) >= 11 is 0. The zero-order valence-electron chi connectivity index (χ0n) is 10.7. The quantitative estimate of drug-likeness (QED) is 0.827. The maximum atomic E-state index is 13.0. The summed E-state index contributed by atoms with van der Waals surface area (Å²) in [5.41, 5.74) is 2.24. The fraction of sp³-hybridized carbons (Fsp3) is 0.333. The van der Waals surface area contributed by atoms with E-state index in [9.17, 15) is 4.39 Å². The monoisotopic (exact) mass is 246 g/mol. The van der Waals surface area contributed by atoms with E-state index in [0.717, 1.165) is 25.1 Å². The lowest BCUT2D eigenvalue weighted by Gasteiger charge is -2.04. The Balaban J connectivity index is 1.81. The molecule has 1 aromatic heterocycles. The summed E-state index contributed by atoms with van der Waals surface area (Å²) in [6, 6.07) is 8.82. The van der Waals surface area contributed by atoms with E-state index in [0.29, 0.717) is 6.54 Å². The van der Waals surface area contributed by atoms with Crippen molar-refractivity contribution in [3.8, 4) is 0 Å². The Morgan fingerprint density at radius 2 is 2.00 bits per heavy atom. The summed E-state index contributed by atoms with van der Waals surface area (Å²) in [4.78, 5) is 0. The van der Waals surface area contributed by atoms with Crippen molar-refractivity contribution in [2.75, 3.05) is 0 Å². The largest absolute Gasteiger partial charge is 0.354 e. The number of hydrogen-bond donors (Lipinski definition) is 1. The van der Waals surface area contributed by atoms with Crippen molar-refractivity contribution in [1.29, 1.82) is 0 Å². The molecule has 1 heterocycles. The number of nitrogens with one attached hydrogen (secondary N) is 1. The third kappa shape index (κ3) is 3.70. The first kappa shape index (κ1) is 12.8. The molecular formula is C15H19FN2. The minimum Gasteiger partial charge on any atom is -0.354 e. The summed E-state index contributed by atoms with van der Waals surface area (Å²) in [5.74, 6) is -0.177. The van der Waals surface area contributed by atoms with E-state index in [4.69, 9.17) is 0 Å². The van der Waals surface area contributed by atoms with E-state index in [1.165, 1.54) is 11.6 Å². The zero-order valence-corrected chi connectivity index (χ0v) is 10.7. The highest BCUT2D eigenvalue weighted by molar-refractivity contribution is 5.16. The molecule has 0 unspecified atom stereocenters. The number of nitrogens with zero attached hydrogens (tertiary/aromatic N) is 1. The molecular weight excluding hydrogens is 227 g/mol. The smallest absolute Gasteiger partial charge is 0.123 e. The van der Waals surface area contributed by atoms with Gasteiger partial charge in [0.25, 0.3) is 0 Å². The van der Waals surface area contributed by atoms with Crippen molar-refractivity contribution in [2.45, 2.75) is 33.0 Å². The van der Waals surface area contributed by atoms with Crippen LogP contribution in [0.4, 0.5) is 4.39 Å². The molecule has 2 aromatic rings. The lowest BCUT2D eigenvalue weighted by Crippen LogP contribution is -2.12. The van der Waals surface area contributed by atoms with Gasteiger partial charge in [-0.1, -0.05) is 19.1 Å². The van der Waals surface area contributed by atoms with Crippen molar-refractivity contribution in [3.63, 3.8) is 0 Å². The highest BCUT2D eigenvalue weighted by atomic mass is 19.1. The average Bonchev–Trinajstić information content (AvgIpc) is 2.78. The Bertz CT molecular complexity index is 491. The summed E-state index contributed by atoms with van der Waals surface area (Å²) in [6.45, 7) is 4.73. The predicted molar refractivity (Wildman–Crippen MR) is 71.7 cm³/mol. The normalized spacial score (nSPS) is 10.8. The van der Waals surface area contributed by atoms with Gasteiger partial charge in [0.05, 0.1) is 0 Å². The van der Waals surface area contributed by atoms with Gasteiger partial charge in [-0.2, -0.15) is 0 Å². The van der Waals surface area contributed by atoms with E-state index in [2.05, 4.69) is 35.3 Å². The Hall–Kier alpha value is -1.61. The van der Waals surface area contributed by atoms with E-state index in [1.807, 2.05) is 6.07 Å². The van der Waals surface area contributed by atoms with Crippen LogP contribution in [0.5, 0.6) is 0 Å². The van der Waals surface area contributed by atoms with Crippen LogP contribution in [-0.2, 0) is 19.6 Å². The minimum atomic E-state index is -0.177. The number of rotatable bonds is 6. The van der Waals surface area contributed by atoms with Gasteiger partial charge in [-0.05, 0) is 35.7 Å². The predicted octanol–water partition coefficient (Wildman–Crippen LogP) is 3.33. The Labute approximate surface area is 107 Å². The van der Waals surface area contributed by atoms with Gasteiger partial charge < -0.3 is 9.88 Å². The Morgan fingerprint density at radius 1 is 1.17 bits per heavy atom. The van der Waals surface area contributed by atoms with Gasteiger partial charge in [0, 0.05) is 32.0 Å². The molecule has 0 aliphatic carbocycles. The summed E-state index contributed by atoms with van der Waals surface area (Å²) < 4.78 is 15.2. The van der Waals surface area contributed by atoms with Crippen LogP contribution < -0.4 is 5.32 Å². The van der Waals surface area contributed by atoms with Crippen molar-refractivity contribution in [2.24, 2.45) is 0 Å². The van der Waals surface area contributed by atoms with Crippen LogP contribution in [0.15, 0.2) is 42.7 Å². The van der Waals surface area contributed by atoms with Crippen LogP contribution in [0.1, 0.15) is 24.5 Å². The average molecular weight is 246 g/mol. The molecule has 18 heavy (non-hydrogen) atoms. The van der Waals surface area contributed by atoms with Crippen LogP contribution in [0.25, 0.3) is 0 Å². The third-order valence-electron chi connectivity index (χ3n) is 2.84. The topological polar surface area (TPSA) is 17.0 Å². The molecule has 0 atom stereocenters. The molecule has 0 amide bonds. The molecule has 0 spiro atoms. The first-order valence-electron chi connectivity index (χ1n) is 6.37. The Kier molecular flexibility index (Phi) is 4.53. The molecule has 3 heteroatoms. The van der Waals surface area contributed by atoms with Crippen LogP contribution in [0.2, 0.25) is 0 Å². The van der Waals surface area contributed by atoms with E-state index in [-0.39, 0.29) is 5.82 Å². The first-order valence-corrected chi connectivity index (χ1v) is 6.37. The number of benzene rings is 1. The molecule has 0 saturated carbocycles. The third-order valence-corrected chi connectivity index (χ3v) is 2.84. The van der Waals surface area contributed by atoms with Gasteiger partial charge in [0.2, 0.25) is 0 Å². The minimum absolute atomic E-state index is 0.177. The molecule has 0 fully saturated rings. The maximum Gasteiger partial charge on any atom is 0.123 e. The molecule has 2 rings (SSSR count). The first-order chi connectivity index (χ1) is 8.78. The van der Waals surface area contributed by atoms with E-state index in [1.54, 1.807) is 12.1 Å². The van der Waals surface area contributed by atoms with Gasteiger partial charge in [0.15, 0.2) is 0 Å². The molecule has 0 aliphatic rings. The number of halogens is 1. The van der Waals surface area contributed by atoms with E-state index < -0.39 is 0 Å². The zero-order chi connectivity index (χ0) is 12.8. The second kappa shape index (κ2) is 6.36. The molecule has 1 aromatic carbocycles. The van der Waals surface area contributed by atoms with Crippen LogP contribution in [0, 0.1) is 5.82 Å². The highest BCUT2D eigenvalue weighted by Gasteiger charge is 1.98.